The first-order chi connectivity index (χ1) is 16.3. The molecule has 34 heavy (non-hydrogen) atoms. The van der Waals surface area contributed by atoms with Gasteiger partial charge in [-0.15, -0.1) is 0 Å². The molecule has 4 rings (SSSR count). The molecule has 1 aromatic heterocycles. The minimum atomic E-state index is -1.75. The summed E-state index contributed by atoms with van der Waals surface area (Å²) in [7, 11) is 1.60. The van der Waals surface area contributed by atoms with Crippen molar-refractivity contribution >= 4 is 5.97 Å². The number of methoxy groups -OCH3 is 1. The third-order valence-corrected chi connectivity index (χ3v) is 6.67. The molecular weight excluding hydrogens is 434 g/mol. The molecule has 0 amide bonds. The minimum absolute atomic E-state index is 0.0146. The van der Waals surface area contributed by atoms with Gasteiger partial charge in [-0.25, -0.2) is 9.78 Å². The van der Waals surface area contributed by atoms with Gasteiger partial charge >= 0.3 is 5.97 Å². The number of nitrogens with zero attached hydrogens (tertiary/aromatic N) is 1. The number of aromatic carboxylic acids is 1. The van der Waals surface area contributed by atoms with Crippen molar-refractivity contribution in [2.75, 3.05) is 7.11 Å². The molecule has 7 heteroatoms. The highest BCUT2D eigenvalue weighted by Crippen LogP contribution is 2.43. The first-order valence-electron chi connectivity index (χ1n) is 11.6. The summed E-state index contributed by atoms with van der Waals surface area (Å²) in [6, 6.07) is 12.6. The van der Waals surface area contributed by atoms with E-state index in [-0.39, 0.29) is 18.1 Å². The fraction of sp³-hybridized carbons (Fsp3) is 0.407. The van der Waals surface area contributed by atoms with Crippen LogP contribution in [0.4, 0.5) is 0 Å². The summed E-state index contributed by atoms with van der Waals surface area (Å²) in [6.45, 7) is 3.51. The Labute approximate surface area is 199 Å². The highest BCUT2D eigenvalue weighted by atomic mass is 16.6. The first-order valence-corrected chi connectivity index (χ1v) is 11.6. The molecule has 0 spiro atoms. The number of carbonyl (C=O) groups is 1. The first kappa shape index (κ1) is 24.0. The highest BCUT2D eigenvalue weighted by molar-refractivity contribution is 5.91. The van der Waals surface area contributed by atoms with Gasteiger partial charge in [-0.2, -0.15) is 0 Å². The molecule has 2 N–H and O–H groups in total. The molecule has 1 atom stereocenters. The van der Waals surface area contributed by atoms with E-state index in [1.807, 2.05) is 24.3 Å². The predicted molar refractivity (Wildman–Crippen MR) is 127 cm³/mol. The van der Waals surface area contributed by atoms with Crippen LogP contribution in [-0.4, -0.2) is 28.3 Å². The third-order valence-electron chi connectivity index (χ3n) is 6.67. The zero-order valence-corrected chi connectivity index (χ0v) is 19.8. The Kier molecular flexibility index (Phi) is 7.05. The maximum atomic E-state index is 12.1. The highest BCUT2D eigenvalue weighted by Gasteiger charge is 2.43. The van der Waals surface area contributed by atoms with Crippen LogP contribution in [0.25, 0.3) is 11.5 Å². The van der Waals surface area contributed by atoms with Crippen LogP contribution >= 0.6 is 0 Å². The molecule has 180 valence electrons. The lowest BCUT2D eigenvalue weighted by molar-refractivity contribution is -0.260. The van der Waals surface area contributed by atoms with E-state index in [1.54, 1.807) is 39.2 Å². The standard InChI is InChI=1S/C27H31NO6/c1-17-9-7-14-22(24(17)26(29)30)27(31,20-11-5-4-6-12-20)33-16-23-18(2)34-25(28-23)19-10-8-13-21(15-19)32-3/h7-10,13-15,20,31H,4-6,11-12,16H2,1-3H3,(H,29,30). The topological polar surface area (TPSA) is 102 Å². The van der Waals surface area contributed by atoms with Crippen molar-refractivity contribution in [3.8, 4) is 17.2 Å². The van der Waals surface area contributed by atoms with Crippen LogP contribution in [0.15, 0.2) is 46.9 Å². The molecule has 1 fully saturated rings. The number of aryl methyl sites for hydroxylation is 2. The average molecular weight is 466 g/mol. The van der Waals surface area contributed by atoms with Gasteiger partial charge in [0.2, 0.25) is 5.89 Å². The normalized spacial score (nSPS) is 16.2. The largest absolute Gasteiger partial charge is 0.497 e. The minimum Gasteiger partial charge on any atom is -0.497 e. The van der Waals surface area contributed by atoms with Crippen molar-refractivity contribution in [1.82, 2.24) is 4.98 Å². The Morgan fingerprint density at radius 1 is 1.15 bits per heavy atom. The van der Waals surface area contributed by atoms with Gasteiger partial charge in [0.1, 0.15) is 17.2 Å². The van der Waals surface area contributed by atoms with Crippen molar-refractivity contribution in [2.24, 2.45) is 5.92 Å². The Bertz CT molecular complexity index is 1160. The number of rotatable bonds is 8. The van der Waals surface area contributed by atoms with E-state index < -0.39 is 11.8 Å². The van der Waals surface area contributed by atoms with Crippen molar-refractivity contribution < 1.29 is 28.9 Å². The monoisotopic (exact) mass is 465 g/mol. The van der Waals surface area contributed by atoms with Gasteiger partial charge < -0.3 is 24.1 Å². The second-order valence-corrected chi connectivity index (χ2v) is 8.88. The number of carboxylic acid groups (broad SMARTS) is 1. The average Bonchev–Trinajstić information content (AvgIpc) is 3.23. The van der Waals surface area contributed by atoms with Gasteiger partial charge in [-0.3, -0.25) is 0 Å². The van der Waals surface area contributed by atoms with E-state index in [0.717, 1.165) is 37.7 Å². The van der Waals surface area contributed by atoms with E-state index in [0.29, 0.717) is 34.2 Å². The lowest BCUT2D eigenvalue weighted by atomic mass is 9.78. The summed E-state index contributed by atoms with van der Waals surface area (Å²) >= 11 is 0. The van der Waals surface area contributed by atoms with Gasteiger partial charge in [0.15, 0.2) is 5.79 Å². The molecule has 3 aromatic rings. The second kappa shape index (κ2) is 9.99. The molecule has 1 saturated carbocycles. The summed E-state index contributed by atoms with van der Waals surface area (Å²) in [6.07, 6.45) is 4.55. The zero-order valence-electron chi connectivity index (χ0n) is 19.8. The van der Waals surface area contributed by atoms with Gasteiger partial charge in [-0.1, -0.05) is 43.5 Å². The number of aliphatic hydroxyl groups is 1. The van der Waals surface area contributed by atoms with Crippen molar-refractivity contribution in [2.45, 2.75) is 58.3 Å². The van der Waals surface area contributed by atoms with Crippen molar-refractivity contribution in [3.05, 3.63) is 70.6 Å². The van der Waals surface area contributed by atoms with E-state index in [9.17, 15) is 15.0 Å². The molecular formula is C27H31NO6. The number of benzene rings is 2. The molecule has 0 radical (unpaired) electrons. The Hall–Kier alpha value is -3.16. The Balaban J connectivity index is 1.67. The summed E-state index contributed by atoms with van der Waals surface area (Å²) in [5.74, 6) is -1.35. The van der Waals surface area contributed by atoms with Gasteiger partial charge in [0.25, 0.3) is 0 Å². The van der Waals surface area contributed by atoms with Crippen LogP contribution in [0.5, 0.6) is 5.75 Å². The van der Waals surface area contributed by atoms with E-state index in [4.69, 9.17) is 13.9 Å². The van der Waals surface area contributed by atoms with Gasteiger partial charge in [0, 0.05) is 17.0 Å². The van der Waals surface area contributed by atoms with Crippen LogP contribution in [-0.2, 0) is 17.1 Å². The van der Waals surface area contributed by atoms with Crippen LogP contribution < -0.4 is 4.74 Å². The van der Waals surface area contributed by atoms with Crippen molar-refractivity contribution in [3.63, 3.8) is 0 Å². The molecule has 1 aliphatic rings. The van der Waals surface area contributed by atoms with E-state index in [1.165, 1.54) is 0 Å². The fourth-order valence-corrected chi connectivity index (χ4v) is 4.78. The third kappa shape index (κ3) is 4.72. The molecule has 0 bridgehead atoms. The molecule has 1 unspecified atom stereocenters. The summed E-state index contributed by atoms with van der Waals surface area (Å²) in [5, 5.41) is 21.9. The molecule has 0 aliphatic heterocycles. The van der Waals surface area contributed by atoms with Crippen LogP contribution in [0, 0.1) is 19.8 Å². The molecule has 0 saturated heterocycles. The summed E-state index contributed by atoms with van der Waals surface area (Å²) in [4.78, 5) is 16.7. The number of hydrogen-bond acceptors (Lipinski definition) is 6. The van der Waals surface area contributed by atoms with Crippen LogP contribution in [0.2, 0.25) is 0 Å². The van der Waals surface area contributed by atoms with Crippen LogP contribution in [0.3, 0.4) is 0 Å². The number of oxazole rings is 1. The maximum Gasteiger partial charge on any atom is 0.336 e. The number of hydrogen-bond donors (Lipinski definition) is 2. The predicted octanol–water partition coefficient (Wildman–Crippen LogP) is 5.61. The van der Waals surface area contributed by atoms with Crippen LogP contribution in [0.1, 0.15) is 65.0 Å². The Morgan fingerprint density at radius 2 is 1.88 bits per heavy atom. The van der Waals surface area contributed by atoms with E-state index in [2.05, 4.69) is 4.98 Å². The molecule has 2 aromatic carbocycles. The number of aromatic nitrogens is 1. The summed E-state index contributed by atoms with van der Waals surface area (Å²) in [5.41, 5.74) is 2.28. The second-order valence-electron chi connectivity index (χ2n) is 8.88. The lowest BCUT2D eigenvalue weighted by Crippen LogP contribution is -2.40. The quantitative estimate of drug-likeness (QED) is 0.417. The zero-order chi connectivity index (χ0) is 24.3. The molecule has 7 nitrogen and oxygen atoms in total. The lowest BCUT2D eigenvalue weighted by Gasteiger charge is -2.39. The number of ether oxygens (including phenoxy) is 2. The maximum absolute atomic E-state index is 12.1. The fourth-order valence-electron chi connectivity index (χ4n) is 4.78. The SMILES string of the molecule is COc1cccc(-c2nc(COC(O)(c3cccc(C)c3C(=O)O)C3CCCCC3)c(C)o2)c1. The van der Waals surface area contributed by atoms with Gasteiger partial charge in [-0.05, 0) is 50.5 Å². The summed E-state index contributed by atoms with van der Waals surface area (Å²) < 4.78 is 17.4. The van der Waals surface area contributed by atoms with Gasteiger partial charge in [0.05, 0.1) is 19.3 Å². The van der Waals surface area contributed by atoms with E-state index >= 15 is 0 Å². The smallest absolute Gasteiger partial charge is 0.336 e. The van der Waals surface area contributed by atoms with Crippen molar-refractivity contribution in [1.29, 1.82) is 0 Å². The molecule has 1 aliphatic carbocycles. The molecule has 1 heterocycles. The Morgan fingerprint density at radius 3 is 2.59 bits per heavy atom. The number of carboxylic acids is 1.